The molecule has 0 radical (unpaired) electrons. The molecule has 1 unspecified atom stereocenters. The third kappa shape index (κ3) is 6.74. The van der Waals surface area contributed by atoms with Gasteiger partial charge in [0.05, 0.1) is 19.8 Å². The molecule has 1 atom stereocenters. The van der Waals surface area contributed by atoms with Crippen LogP contribution in [-0.4, -0.2) is 88.8 Å². The standard InChI is InChI=1S/C29H39N3O6S/c1-31-18-24(33)17-30-39(35,36)27-9-8-23(22-4-3-5-25(15-22)37-2)16-26(27)38-20-29(19-31)10-12-32(13-11-29)28(34)14-21-6-7-21/h3-5,8-9,15-16,21,24,30,33H,6-7,10-14,17-20H2,1-2H3. The van der Waals surface area contributed by atoms with Crippen molar-refractivity contribution in [2.75, 3.05) is 53.5 Å². The van der Waals surface area contributed by atoms with Gasteiger partial charge in [0, 0.05) is 44.6 Å². The first-order chi connectivity index (χ1) is 18.7. The van der Waals surface area contributed by atoms with E-state index in [1.807, 2.05) is 41.1 Å². The van der Waals surface area contributed by atoms with Gasteiger partial charge in [-0.05, 0) is 74.0 Å². The van der Waals surface area contributed by atoms with Gasteiger partial charge in [0.1, 0.15) is 16.4 Å². The Bertz CT molecular complexity index is 1290. The number of piperidine rings is 1. The van der Waals surface area contributed by atoms with Crippen LogP contribution >= 0.6 is 0 Å². The highest BCUT2D eigenvalue weighted by Gasteiger charge is 2.39. The number of β-amino-alcohol motifs (C(OH)–C–C–N with tert-alkyl or cyclic N) is 1. The summed E-state index contributed by atoms with van der Waals surface area (Å²) >= 11 is 0. The lowest BCUT2D eigenvalue weighted by Crippen LogP contribution is -2.51. The molecule has 0 aromatic heterocycles. The van der Waals surface area contributed by atoms with Gasteiger partial charge in [-0.1, -0.05) is 18.2 Å². The molecular weight excluding hydrogens is 518 g/mol. The molecule has 1 saturated heterocycles. The molecule has 1 amide bonds. The van der Waals surface area contributed by atoms with Crippen LogP contribution in [0.3, 0.4) is 0 Å². The van der Waals surface area contributed by atoms with E-state index in [0.29, 0.717) is 50.9 Å². The molecule has 2 fully saturated rings. The molecule has 212 valence electrons. The normalized spacial score (nSPS) is 23.7. The van der Waals surface area contributed by atoms with Crippen molar-refractivity contribution in [2.45, 2.75) is 43.1 Å². The molecule has 2 aromatic carbocycles. The number of likely N-dealkylation sites (tertiary alicyclic amines) is 1. The summed E-state index contributed by atoms with van der Waals surface area (Å²) in [7, 11) is -0.390. The number of hydrogen-bond acceptors (Lipinski definition) is 7. The number of hydrogen-bond donors (Lipinski definition) is 2. The number of ether oxygens (including phenoxy) is 2. The van der Waals surface area contributed by atoms with Crippen molar-refractivity contribution in [3.05, 3.63) is 42.5 Å². The number of methoxy groups -OCH3 is 1. The molecule has 10 heteroatoms. The van der Waals surface area contributed by atoms with Crippen molar-refractivity contribution in [3.8, 4) is 22.6 Å². The van der Waals surface area contributed by atoms with Gasteiger partial charge < -0.3 is 24.4 Å². The SMILES string of the molecule is COc1cccc(-c2ccc3c(c2)OCC2(CCN(C(=O)CC4CC4)CC2)CN(C)CC(O)CNS3(=O)=O)c1. The monoisotopic (exact) mass is 557 g/mol. The predicted molar refractivity (Wildman–Crippen MR) is 148 cm³/mol. The van der Waals surface area contributed by atoms with Crippen LogP contribution in [0.25, 0.3) is 11.1 Å². The van der Waals surface area contributed by atoms with Gasteiger partial charge >= 0.3 is 0 Å². The van der Waals surface area contributed by atoms with Gasteiger partial charge in [0.2, 0.25) is 15.9 Å². The van der Waals surface area contributed by atoms with Crippen molar-refractivity contribution in [3.63, 3.8) is 0 Å². The molecule has 3 aliphatic rings. The molecule has 0 bridgehead atoms. The lowest BCUT2D eigenvalue weighted by atomic mass is 9.78. The van der Waals surface area contributed by atoms with E-state index in [0.717, 1.165) is 36.8 Å². The molecule has 1 saturated carbocycles. The Balaban J connectivity index is 1.44. The van der Waals surface area contributed by atoms with Gasteiger partial charge in [-0.25, -0.2) is 13.1 Å². The van der Waals surface area contributed by atoms with E-state index < -0.39 is 16.1 Å². The number of rotatable bonds is 4. The van der Waals surface area contributed by atoms with Crippen LogP contribution < -0.4 is 14.2 Å². The van der Waals surface area contributed by atoms with E-state index in [9.17, 15) is 18.3 Å². The quantitative estimate of drug-likeness (QED) is 0.595. The maximum Gasteiger partial charge on any atom is 0.244 e. The molecule has 2 N–H and O–H groups in total. The van der Waals surface area contributed by atoms with Gasteiger partial charge in [-0.2, -0.15) is 0 Å². The molecule has 2 heterocycles. The zero-order chi connectivity index (χ0) is 27.6. The first-order valence-electron chi connectivity index (χ1n) is 13.7. The second kappa shape index (κ2) is 11.4. The smallest absolute Gasteiger partial charge is 0.244 e. The third-order valence-corrected chi connectivity index (χ3v) is 9.61. The van der Waals surface area contributed by atoms with Crippen molar-refractivity contribution in [1.29, 1.82) is 0 Å². The fraction of sp³-hybridized carbons (Fsp3) is 0.552. The molecule has 2 aliphatic heterocycles. The van der Waals surface area contributed by atoms with Gasteiger partial charge in [0.25, 0.3) is 0 Å². The summed E-state index contributed by atoms with van der Waals surface area (Å²) in [5.74, 6) is 1.76. The fourth-order valence-electron chi connectivity index (χ4n) is 5.68. The van der Waals surface area contributed by atoms with Gasteiger partial charge in [0.15, 0.2) is 0 Å². The van der Waals surface area contributed by atoms with Gasteiger partial charge in [-0.3, -0.25) is 4.79 Å². The highest BCUT2D eigenvalue weighted by molar-refractivity contribution is 7.89. The highest BCUT2D eigenvalue weighted by Crippen LogP contribution is 2.38. The summed E-state index contributed by atoms with van der Waals surface area (Å²) in [6.07, 6.45) is 3.58. The number of likely N-dealkylation sites (N-methyl/N-ethyl adjacent to an activating group) is 1. The number of benzene rings is 2. The third-order valence-electron chi connectivity index (χ3n) is 8.14. The molecule has 1 spiro atoms. The number of amides is 1. The number of nitrogens with zero attached hydrogens (tertiary/aromatic N) is 2. The van der Waals surface area contributed by atoms with Crippen LogP contribution in [0, 0.1) is 11.3 Å². The van der Waals surface area contributed by atoms with Crippen LogP contribution in [0.2, 0.25) is 0 Å². The van der Waals surface area contributed by atoms with Gasteiger partial charge in [-0.15, -0.1) is 0 Å². The van der Waals surface area contributed by atoms with E-state index in [4.69, 9.17) is 9.47 Å². The molecule has 5 rings (SSSR count). The van der Waals surface area contributed by atoms with Crippen molar-refractivity contribution in [1.82, 2.24) is 14.5 Å². The summed E-state index contributed by atoms with van der Waals surface area (Å²) < 4.78 is 40.9. The first kappa shape index (κ1) is 27.9. The maximum absolute atomic E-state index is 13.3. The Morgan fingerprint density at radius 2 is 1.90 bits per heavy atom. The molecular formula is C29H39N3O6S. The summed E-state index contributed by atoms with van der Waals surface area (Å²) in [5, 5.41) is 10.6. The first-order valence-corrected chi connectivity index (χ1v) is 15.2. The van der Waals surface area contributed by atoms with E-state index in [2.05, 4.69) is 4.72 Å². The lowest BCUT2D eigenvalue weighted by Gasteiger charge is -2.44. The molecule has 1 aliphatic carbocycles. The number of carbonyl (C=O) groups is 1. The predicted octanol–water partition coefficient (Wildman–Crippen LogP) is 2.73. The summed E-state index contributed by atoms with van der Waals surface area (Å²) in [5.41, 5.74) is 1.40. The Hall–Kier alpha value is -2.66. The van der Waals surface area contributed by atoms with E-state index in [1.165, 1.54) is 0 Å². The number of aliphatic hydroxyl groups is 1. The van der Waals surface area contributed by atoms with Crippen LogP contribution in [0.1, 0.15) is 32.1 Å². The summed E-state index contributed by atoms with van der Waals surface area (Å²) in [6, 6.07) is 12.7. The highest BCUT2D eigenvalue weighted by atomic mass is 32.2. The molecule has 2 aromatic rings. The fourth-order valence-corrected chi connectivity index (χ4v) is 6.87. The average Bonchev–Trinajstić information content (AvgIpc) is 3.74. The topological polar surface area (TPSA) is 108 Å². The van der Waals surface area contributed by atoms with Crippen LogP contribution in [0.5, 0.6) is 11.5 Å². The summed E-state index contributed by atoms with van der Waals surface area (Å²) in [6.45, 7) is 2.52. The summed E-state index contributed by atoms with van der Waals surface area (Å²) in [4.78, 5) is 16.8. The minimum absolute atomic E-state index is 0.0440. The zero-order valence-electron chi connectivity index (χ0n) is 22.8. The Morgan fingerprint density at radius 1 is 1.15 bits per heavy atom. The maximum atomic E-state index is 13.3. The second-order valence-corrected chi connectivity index (χ2v) is 13.1. The molecule has 9 nitrogen and oxygen atoms in total. The van der Waals surface area contributed by atoms with Crippen molar-refractivity contribution < 1.29 is 27.8 Å². The Kier molecular flexibility index (Phi) is 8.19. The second-order valence-electron chi connectivity index (χ2n) is 11.4. The van der Waals surface area contributed by atoms with Crippen molar-refractivity contribution >= 4 is 15.9 Å². The molecule has 39 heavy (non-hydrogen) atoms. The Labute approximate surface area is 231 Å². The van der Waals surface area contributed by atoms with E-state index in [-0.39, 0.29) is 28.5 Å². The average molecular weight is 558 g/mol. The van der Waals surface area contributed by atoms with Crippen molar-refractivity contribution in [2.24, 2.45) is 11.3 Å². The Morgan fingerprint density at radius 3 is 2.62 bits per heavy atom. The largest absolute Gasteiger partial charge is 0.497 e. The number of fused-ring (bicyclic) bond motifs is 1. The minimum Gasteiger partial charge on any atom is -0.497 e. The van der Waals surface area contributed by atoms with E-state index >= 15 is 0 Å². The number of sulfonamides is 1. The minimum atomic E-state index is -3.93. The van der Waals surface area contributed by atoms with Crippen LogP contribution in [-0.2, 0) is 14.8 Å². The zero-order valence-corrected chi connectivity index (χ0v) is 23.6. The van der Waals surface area contributed by atoms with E-state index in [1.54, 1.807) is 25.3 Å². The number of carbonyl (C=O) groups excluding carboxylic acids is 1. The number of aliphatic hydroxyl groups excluding tert-OH is 1. The number of nitrogens with one attached hydrogen (secondary N) is 1. The lowest BCUT2D eigenvalue weighted by molar-refractivity contribution is -0.134. The van der Waals surface area contributed by atoms with Crippen LogP contribution in [0.15, 0.2) is 47.4 Å². The van der Waals surface area contributed by atoms with Crippen LogP contribution in [0.4, 0.5) is 0 Å².